The number of pyridine rings is 1. The van der Waals surface area contributed by atoms with Crippen LogP contribution in [0.15, 0.2) is 51.2 Å². The molecular formula is C17H21IN6O5S. The minimum atomic E-state index is -4.04. The number of amides is 1. The highest BCUT2D eigenvalue weighted by molar-refractivity contribution is 14.1. The molecule has 13 heteroatoms. The van der Waals surface area contributed by atoms with Gasteiger partial charge in [-0.3, -0.25) is 18.9 Å². The molecule has 0 aliphatic rings. The standard InChI is InChI=1S/C17H21IN6O5S/c1-9-3-8-13(23-30(27,28)12-6-4-11(18)5-7-12)16(26)24(9)14(15(19)25)10(2)29-22-17(20)21/h3-8,10,14,23H,1-2H3,(H2,19,25)(H4,20,21,22). The SMILES string of the molecule is Cc1ccc(NS(=O)(=O)c2ccc(I)cc2)c(=O)n1C(C(N)=O)C(C)ON=C(N)N. The molecule has 0 aliphatic heterocycles. The first-order valence-corrected chi connectivity index (χ1v) is 11.0. The summed E-state index contributed by atoms with van der Waals surface area (Å²) in [7, 11) is -4.04. The summed E-state index contributed by atoms with van der Waals surface area (Å²) in [6.45, 7) is 3.00. The molecule has 2 aromatic rings. The number of sulfonamides is 1. The normalized spacial score (nSPS) is 13.2. The van der Waals surface area contributed by atoms with Crippen molar-refractivity contribution in [3.8, 4) is 0 Å². The van der Waals surface area contributed by atoms with Crippen LogP contribution in [0.25, 0.3) is 0 Å². The molecule has 1 aromatic carbocycles. The number of nitrogens with zero attached hydrogens (tertiary/aromatic N) is 2. The van der Waals surface area contributed by atoms with Crippen LogP contribution in [-0.2, 0) is 19.7 Å². The van der Waals surface area contributed by atoms with E-state index in [2.05, 4.69) is 9.88 Å². The van der Waals surface area contributed by atoms with Crippen LogP contribution in [0.4, 0.5) is 5.69 Å². The van der Waals surface area contributed by atoms with Crippen LogP contribution in [0, 0.1) is 10.5 Å². The van der Waals surface area contributed by atoms with Gasteiger partial charge in [0.15, 0.2) is 12.1 Å². The Bertz CT molecular complexity index is 1130. The number of guanidine groups is 1. The number of aromatic nitrogens is 1. The van der Waals surface area contributed by atoms with Crippen molar-refractivity contribution in [3.63, 3.8) is 0 Å². The third-order valence-corrected chi connectivity index (χ3v) is 6.13. The van der Waals surface area contributed by atoms with Gasteiger partial charge >= 0.3 is 0 Å². The molecule has 1 heterocycles. The summed E-state index contributed by atoms with van der Waals surface area (Å²) in [5.41, 5.74) is 15.2. The van der Waals surface area contributed by atoms with E-state index in [-0.39, 0.29) is 16.5 Å². The van der Waals surface area contributed by atoms with Crippen molar-refractivity contribution >= 4 is 50.2 Å². The summed E-state index contributed by atoms with van der Waals surface area (Å²) in [4.78, 5) is 30.1. The fraction of sp³-hybridized carbons (Fsp3) is 0.235. The Balaban J connectivity index is 2.50. The number of primary amides is 1. The van der Waals surface area contributed by atoms with Crippen LogP contribution in [0.2, 0.25) is 0 Å². The summed E-state index contributed by atoms with van der Waals surface area (Å²) in [6.07, 6.45) is -1.02. The lowest BCUT2D eigenvalue weighted by atomic mass is 10.1. The molecule has 0 bridgehead atoms. The van der Waals surface area contributed by atoms with Crippen molar-refractivity contribution < 1.29 is 18.0 Å². The minimum Gasteiger partial charge on any atom is -0.387 e. The lowest BCUT2D eigenvalue weighted by Crippen LogP contribution is -2.42. The largest absolute Gasteiger partial charge is 0.387 e. The predicted octanol–water partition coefficient (Wildman–Crippen LogP) is 0.182. The van der Waals surface area contributed by atoms with Crippen LogP contribution >= 0.6 is 22.6 Å². The van der Waals surface area contributed by atoms with Gasteiger partial charge in [0.05, 0.1) is 4.90 Å². The number of rotatable bonds is 8. The van der Waals surface area contributed by atoms with Crippen LogP contribution < -0.4 is 27.5 Å². The molecule has 2 rings (SSSR count). The van der Waals surface area contributed by atoms with Gasteiger partial charge in [0.2, 0.25) is 11.9 Å². The second kappa shape index (κ2) is 9.34. The van der Waals surface area contributed by atoms with Crippen molar-refractivity contribution in [2.45, 2.75) is 30.9 Å². The molecule has 11 nitrogen and oxygen atoms in total. The van der Waals surface area contributed by atoms with E-state index in [0.29, 0.717) is 5.69 Å². The Kier molecular flexibility index (Phi) is 7.30. The van der Waals surface area contributed by atoms with E-state index in [9.17, 15) is 18.0 Å². The predicted molar refractivity (Wildman–Crippen MR) is 120 cm³/mol. The zero-order valence-corrected chi connectivity index (χ0v) is 19.0. The molecule has 0 radical (unpaired) electrons. The number of carbonyl (C=O) groups is 1. The highest BCUT2D eigenvalue weighted by Crippen LogP contribution is 2.19. The van der Waals surface area contributed by atoms with Gasteiger partial charge in [-0.2, -0.15) is 0 Å². The van der Waals surface area contributed by atoms with Crippen molar-refractivity contribution in [3.05, 3.63) is 56.0 Å². The Hall–Kier alpha value is -2.81. The molecule has 0 spiro atoms. The number of hydrogen-bond acceptors (Lipinski definition) is 6. The summed E-state index contributed by atoms with van der Waals surface area (Å²) in [5, 5.41) is 3.38. The highest BCUT2D eigenvalue weighted by Gasteiger charge is 2.30. The number of oxime groups is 1. The maximum atomic E-state index is 13.0. The van der Waals surface area contributed by atoms with Crippen molar-refractivity contribution in [1.29, 1.82) is 0 Å². The van der Waals surface area contributed by atoms with Gasteiger partial charge in [-0.25, -0.2) is 8.42 Å². The third kappa shape index (κ3) is 5.41. The van der Waals surface area contributed by atoms with Gasteiger partial charge in [-0.1, -0.05) is 0 Å². The Morgan fingerprint density at radius 3 is 2.30 bits per heavy atom. The van der Waals surface area contributed by atoms with E-state index in [4.69, 9.17) is 22.0 Å². The fourth-order valence-electron chi connectivity index (χ4n) is 2.66. The zero-order chi connectivity index (χ0) is 22.6. The lowest BCUT2D eigenvalue weighted by molar-refractivity contribution is -0.125. The fourth-order valence-corrected chi connectivity index (χ4v) is 4.07. The number of hydrogen-bond donors (Lipinski definition) is 4. The first-order chi connectivity index (χ1) is 13.9. The molecule has 2 atom stereocenters. The molecule has 0 aliphatic carbocycles. The van der Waals surface area contributed by atoms with Gasteiger partial charge in [0.1, 0.15) is 5.69 Å². The van der Waals surface area contributed by atoms with Gasteiger partial charge in [0, 0.05) is 9.26 Å². The summed E-state index contributed by atoms with van der Waals surface area (Å²) >= 11 is 2.04. The number of carbonyl (C=O) groups excluding carboxylic acids is 1. The van der Waals surface area contributed by atoms with Crippen LogP contribution in [0.1, 0.15) is 18.7 Å². The Morgan fingerprint density at radius 1 is 1.17 bits per heavy atom. The number of aryl methyl sites for hydroxylation is 1. The molecule has 0 saturated carbocycles. The molecule has 2 unspecified atom stereocenters. The average molecular weight is 548 g/mol. The summed E-state index contributed by atoms with van der Waals surface area (Å²) < 4.78 is 29.4. The molecule has 0 saturated heterocycles. The molecule has 7 N–H and O–H groups in total. The van der Waals surface area contributed by atoms with Crippen molar-refractivity contribution in [2.24, 2.45) is 22.4 Å². The zero-order valence-electron chi connectivity index (χ0n) is 16.1. The second-order valence-electron chi connectivity index (χ2n) is 6.30. The number of anilines is 1. The van der Waals surface area contributed by atoms with Gasteiger partial charge in [-0.05, 0) is 78.0 Å². The van der Waals surface area contributed by atoms with Crippen molar-refractivity contribution in [2.75, 3.05) is 4.72 Å². The smallest absolute Gasteiger partial charge is 0.275 e. The molecule has 162 valence electrons. The van der Waals surface area contributed by atoms with E-state index in [1.54, 1.807) is 19.1 Å². The van der Waals surface area contributed by atoms with E-state index in [0.717, 1.165) is 8.14 Å². The maximum Gasteiger partial charge on any atom is 0.275 e. The average Bonchev–Trinajstić information content (AvgIpc) is 2.65. The maximum absolute atomic E-state index is 13.0. The van der Waals surface area contributed by atoms with Gasteiger partial charge in [-0.15, -0.1) is 0 Å². The molecule has 0 fully saturated rings. The monoisotopic (exact) mass is 548 g/mol. The van der Waals surface area contributed by atoms with E-state index < -0.39 is 33.6 Å². The topological polar surface area (TPSA) is 185 Å². The summed E-state index contributed by atoms with van der Waals surface area (Å²) in [6, 6.07) is 7.53. The van der Waals surface area contributed by atoms with Gasteiger partial charge < -0.3 is 22.0 Å². The molecular weight excluding hydrogens is 527 g/mol. The number of nitrogens with one attached hydrogen (secondary N) is 1. The first kappa shape index (κ1) is 23.5. The van der Waals surface area contributed by atoms with E-state index in [1.807, 2.05) is 22.6 Å². The number of nitrogens with two attached hydrogens (primary N) is 3. The third-order valence-electron chi connectivity index (χ3n) is 4.03. The van der Waals surface area contributed by atoms with E-state index >= 15 is 0 Å². The second-order valence-corrected chi connectivity index (χ2v) is 9.22. The highest BCUT2D eigenvalue weighted by atomic mass is 127. The number of benzene rings is 1. The molecule has 1 aromatic heterocycles. The minimum absolute atomic E-state index is 0.0228. The van der Waals surface area contributed by atoms with E-state index in [1.165, 1.54) is 31.2 Å². The van der Waals surface area contributed by atoms with Crippen LogP contribution in [-0.4, -0.2) is 31.0 Å². The van der Waals surface area contributed by atoms with Gasteiger partial charge in [0.25, 0.3) is 15.6 Å². The Labute approximate surface area is 186 Å². The Morgan fingerprint density at radius 2 is 1.77 bits per heavy atom. The quantitative estimate of drug-likeness (QED) is 0.157. The summed E-state index contributed by atoms with van der Waals surface area (Å²) in [5.74, 6) is -1.27. The first-order valence-electron chi connectivity index (χ1n) is 8.48. The van der Waals surface area contributed by atoms with Crippen LogP contribution in [0.3, 0.4) is 0 Å². The lowest BCUT2D eigenvalue weighted by Gasteiger charge is -2.24. The number of halogens is 1. The van der Waals surface area contributed by atoms with Crippen LogP contribution in [0.5, 0.6) is 0 Å². The molecule has 30 heavy (non-hydrogen) atoms. The van der Waals surface area contributed by atoms with Crippen molar-refractivity contribution in [1.82, 2.24) is 4.57 Å². The molecule has 1 amide bonds.